The quantitative estimate of drug-likeness (QED) is 0.473. The predicted molar refractivity (Wildman–Crippen MR) is 99.5 cm³/mol. The Bertz CT molecular complexity index is 574. The molecule has 5 heteroatoms. The van der Waals surface area contributed by atoms with Crippen molar-refractivity contribution in [3.05, 3.63) is 30.3 Å². The fourth-order valence-corrected chi connectivity index (χ4v) is 4.57. The third kappa shape index (κ3) is 5.00. The van der Waals surface area contributed by atoms with Crippen LogP contribution in [-0.2, 0) is 19.1 Å². The SMILES string of the molecule is CCCCCC[C@H]1OC(=O)[C@H](Sc2ccccc2)[C@]1(C)CC(=O)OC. The van der Waals surface area contributed by atoms with Crippen molar-refractivity contribution in [1.29, 1.82) is 0 Å². The summed E-state index contributed by atoms with van der Waals surface area (Å²) >= 11 is 1.48. The minimum absolute atomic E-state index is 0.193. The van der Waals surface area contributed by atoms with E-state index in [0.29, 0.717) is 0 Å². The molecule has 0 radical (unpaired) electrons. The van der Waals surface area contributed by atoms with Gasteiger partial charge >= 0.3 is 11.9 Å². The molecule has 0 N–H and O–H groups in total. The maximum atomic E-state index is 12.6. The summed E-state index contributed by atoms with van der Waals surface area (Å²) in [5, 5.41) is -0.398. The highest BCUT2D eigenvalue weighted by atomic mass is 32.2. The normalized spacial score (nSPS) is 25.6. The Labute approximate surface area is 154 Å². The van der Waals surface area contributed by atoms with Gasteiger partial charge in [0.05, 0.1) is 13.5 Å². The number of hydrogen-bond donors (Lipinski definition) is 0. The smallest absolute Gasteiger partial charge is 0.320 e. The molecule has 0 spiro atoms. The summed E-state index contributed by atoms with van der Waals surface area (Å²) < 4.78 is 10.6. The minimum atomic E-state index is -0.559. The number of carbonyl (C=O) groups excluding carboxylic acids is 2. The molecule has 0 saturated carbocycles. The van der Waals surface area contributed by atoms with Crippen LogP contribution < -0.4 is 0 Å². The summed E-state index contributed by atoms with van der Waals surface area (Å²) in [5.74, 6) is -0.515. The third-order valence-electron chi connectivity index (χ3n) is 4.88. The molecular formula is C20H28O4S. The standard InChI is InChI=1S/C20H28O4S/c1-4-5-6-10-13-16-20(2,14-17(21)23-3)18(19(22)24-16)25-15-11-8-7-9-12-15/h7-9,11-12,16,18H,4-6,10,13-14H2,1-3H3/t16-,18+,20-/m1/s1. The molecule has 1 aromatic carbocycles. The van der Waals surface area contributed by atoms with Crippen LogP contribution in [0.1, 0.15) is 52.4 Å². The highest BCUT2D eigenvalue weighted by molar-refractivity contribution is 8.00. The van der Waals surface area contributed by atoms with Crippen molar-refractivity contribution < 1.29 is 19.1 Å². The zero-order valence-electron chi connectivity index (χ0n) is 15.3. The molecule has 1 aliphatic heterocycles. The Morgan fingerprint density at radius 3 is 2.60 bits per heavy atom. The maximum absolute atomic E-state index is 12.6. The molecule has 0 aliphatic carbocycles. The number of thioether (sulfide) groups is 1. The fraction of sp³-hybridized carbons (Fsp3) is 0.600. The number of carbonyl (C=O) groups is 2. The van der Waals surface area contributed by atoms with Crippen LogP contribution in [-0.4, -0.2) is 30.4 Å². The summed E-state index contributed by atoms with van der Waals surface area (Å²) in [4.78, 5) is 25.6. The number of benzene rings is 1. The number of ether oxygens (including phenoxy) is 2. The van der Waals surface area contributed by atoms with E-state index in [-0.39, 0.29) is 24.5 Å². The molecule has 1 fully saturated rings. The van der Waals surface area contributed by atoms with E-state index in [0.717, 1.165) is 30.6 Å². The zero-order chi connectivity index (χ0) is 18.3. The largest absolute Gasteiger partial charge is 0.469 e. The monoisotopic (exact) mass is 364 g/mol. The van der Waals surface area contributed by atoms with Crippen LogP contribution >= 0.6 is 11.8 Å². The first-order chi connectivity index (χ1) is 12.0. The number of methoxy groups -OCH3 is 1. The molecule has 0 aromatic heterocycles. The van der Waals surface area contributed by atoms with Crippen molar-refractivity contribution in [2.45, 2.75) is 68.6 Å². The summed E-state index contributed by atoms with van der Waals surface area (Å²) in [6.07, 6.45) is 5.22. The molecule has 0 bridgehead atoms. The molecule has 1 saturated heterocycles. The second kappa shape index (κ2) is 9.27. The van der Waals surface area contributed by atoms with Crippen molar-refractivity contribution in [3.63, 3.8) is 0 Å². The Hall–Kier alpha value is -1.49. The van der Waals surface area contributed by atoms with Gasteiger partial charge < -0.3 is 9.47 Å². The summed E-state index contributed by atoms with van der Waals surface area (Å²) in [5.41, 5.74) is -0.559. The van der Waals surface area contributed by atoms with Gasteiger partial charge in [0, 0.05) is 10.3 Å². The first-order valence-corrected chi connectivity index (χ1v) is 9.88. The highest BCUT2D eigenvalue weighted by Gasteiger charge is 2.55. The second-order valence-corrected chi connectivity index (χ2v) is 8.02. The lowest BCUT2D eigenvalue weighted by molar-refractivity contribution is -0.146. The van der Waals surface area contributed by atoms with Crippen LogP contribution in [0.3, 0.4) is 0 Å². The molecule has 138 valence electrons. The van der Waals surface area contributed by atoms with E-state index in [4.69, 9.17) is 9.47 Å². The van der Waals surface area contributed by atoms with Crippen molar-refractivity contribution >= 4 is 23.7 Å². The third-order valence-corrected chi connectivity index (χ3v) is 6.39. The molecule has 3 atom stereocenters. The van der Waals surface area contributed by atoms with Gasteiger partial charge in [0.2, 0.25) is 0 Å². The van der Waals surface area contributed by atoms with Gasteiger partial charge in [0.25, 0.3) is 0 Å². The van der Waals surface area contributed by atoms with Crippen LogP contribution in [0.2, 0.25) is 0 Å². The van der Waals surface area contributed by atoms with E-state index in [1.54, 1.807) is 0 Å². The highest BCUT2D eigenvalue weighted by Crippen LogP contribution is 2.49. The van der Waals surface area contributed by atoms with E-state index < -0.39 is 10.7 Å². The molecule has 2 rings (SSSR count). The number of rotatable bonds is 9. The summed E-state index contributed by atoms with van der Waals surface area (Å²) in [7, 11) is 1.39. The lowest BCUT2D eigenvalue weighted by Gasteiger charge is -2.31. The lowest BCUT2D eigenvalue weighted by atomic mass is 9.77. The van der Waals surface area contributed by atoms with Gasteiger partial charge in [-0.05, 0) is 25.0 Å². The van der Waals surface area contributed by atoms with E-state index in [1.807, 2.05) is 37.3 Å². The predicted octanol–water partition coefficient (Wildman–Crippen LogP) is 4.61. The molecular weight excluding hydrogens is 336 g/mol. The van der Waals surface area contributed by atoms with Crippen molar-refractivity contribution in [2.75, 3.05) is 7.11 Å². The molecule has 4 nitrogen and oxygen atoms in total. The average molecular weight is 365 g/mol. The van der Waals surface area contributed by atoms with Crippen LogP contribution in [0.4, 0.5) is 0 Å². The van der Waals surface area contributed by atoms with Gasteiger partial charge in [-0.1, -0.05) is 51.3 Å². The molecule has 0 amide bonds. The van der Waals surface area contributed by atoms with Gasteiger partial charge in [-0.25, -0.2) is 0 Å². The maximum Gasteiger partial charge on any atom is 0.320 e. The van der Waals surface area contributed by atoms with Gasteiger partial charge in [-0.2, -0.15) is 0 Å². The van der Waals surface area contributed by atoms with E-state index >= 15 is 0 Å². The topological polar surface area (TPSA) is 52.6 Å². The van der Waals surface area contributed by atoms with Crippen LogP contribution in [0, 0.1) is 5.41 Å². The van der Waals surface area contributed by atoms with Crippen LogP contribution in [0.25, 0.3) is 0 Å². The first-order valence-electron chi connectivity index (χ1n) is 9.00. The van der Waals surface area contributed by atoms with Gasteiger partial charge in [0.1, 0.15) is 11.4 Å². The Morgan fingerprint density at radius 2 is 1.96 bits per heavy atom. The van der Waals surface area contributed by atoms with Crippen molar-refractivity contribution in [2.24, 2.45) is 5.41 Å². The van der Waals surface area contributed by atoms with Crippen molar-refractivity contribution in [3.8, 4) is 0 Å². The number of unbranched alkanes of at least 4 members (excludes halogenated alkanes) is 3. The van der Waals surface area contributed by atoms with Gasteiger partial charge in [-0.15, -0.1) is 11.8 Å². The molecule has 1 aliphatic rings. The van der Waals surface area contributed by atoms with E-state index in [1.165, 1.54) is 25.3 Å². The van der Waals surface area contributed by atoms with Gasteiger partial charge in [0.15, 0.2) is 0 Å². The number of esters is 2. The average Bonchev–Trinajstić information content (AvgIpc) is 2.83. The first kappa shape index (κ1) is 19.8. The summed E-state index contributed by atoms with van der Waals surface area (Å²) in [6.45, 7) is 4.16. The van der Waals surface area contributed by atoms with E-state index in [9.17, 15) is 9.59 Å². The Balaban J connectivity index is 2.16. The van der Waals surface area contributed by atoms with Crippen LogP contribution in [0.15, 0.2) is 35.2 Å². The molecule has 0 unspecified atom stereocenters. The molecule has 1 aromatic rings. The summed E-state index contributed by atoms with van der Waals surface area (Å²) in [6, 6.07) is 9.79. The molecule has 25 heavy (non-hydrogen) atoms. The number of cyclic esters (lactones) is 1. The number of hydrogen-bond acceptors (Lipinski definition) is 5. The van der Waals surface area contributed by atoms with Crippen LogP contribution in [0.5, 0.6) is 0 Å². The minimum Gasteiger partial charge on any atom is -0.469 e. The fourth-order valence-electron chi connectivity index (χ4n) is 3.33. The lowest BCUT2D eigenvalue weighted by Crippen LogP contribution is -2.38. The Kier molecular flexibility index (Phi) is 7.36. The zero-order valence-corrected chi connectivity index (χ0v) is 16.1. The second-order valence-electron chi connectivity index (χ2n) is 6.84. The van der Waals surface area contributed by atoms with Gasteiger partial charge in [-0.3, -0.25) is 9.59 Å². The molecule has 1 heterocycles. The Morgan fingerprint density at radius 1 is 1.24 bits per heavy atom. The van der Waals surface area contributed by atoms with E-state index in [2.05, 4.69) is 6.92 Å². The van der Waals surface area contributed by atoms with Crippen molar-refractivity contribution in [1.82, 2.24) is 0 Å².